The van der Waals surface area contributed by atoms with E-state index in [-0.39, 0.29) is 11.8 Å². The highest BCUT2D eigenvalue weighted by atomic mass is 16.1. The van der Waals surface area contributed by atoms with Crippen molar-refractivity contribution in [2.24, 2.45) is 5.92 Å². The Kier molecular flexibility index (Phi) is 5.05. The molecule has 3 nitrogen and oxygen atoms in total. The SMILES string of the molecule is CC(C(=O)NC1CCCCCC1C)c1cccc(N)c1. The third-order valence-electron chi connectivity index (χ3n) is 4.49. The fourth-order valence-electron chi connectivity index (χ4n) is 2.99. The second kappa shape index (κ2) is 6.78. The minimum atomic E-state index is -0.144. The van der Waals surface area contributed by atoms with E-state index in [1.807, 2.05) is 31.2 Å². The fraction of sp³-hybridized carbons (Fsp3) is 0.588. The van der Waals surface area contributed by atoms with Crippen molar-refractivity contribution in [2.75, 3.05) is 5.73 Å². The Morgan fingerprint density at radius 1 is 1.30 bits per heavy atom. The first kappa shape index (κ1) is 14.9. The Morgan fingerprint density at radius 2 is 2.05 bits per heavy atom. The molecule has 1 saturated carbocycles. The number of nitrogens with two attached hydrogens (primary N) is 1. The summed E-state index contributed by atoms with van der Waals surface area (Å²) >= 11 is 0. The van der Waals surface area contributed by atoms with Crippen molar-refractivity contribution in [3.63, 3.8) is 0 Å². The van der Waals surface area contributed by atoms with Gasteiger partial charge in [0.25, 0.3) is 0 Å². The summed E-state index contributed by atoms with van der Waals surface area (Å²) in [5, 5.41) is 3.25. The molecule has 0 radical (unpaired) electrons. The molecule has 1 aromatic rings. The number of hydrogen-bond acceptors (Lipinski definition) is 2. The van der Waals surface area contributed by atoms with E-state index in [9.17, 15) is 4.79 Å². The molecule has 1 aliphatic rings. The Labute approximate surface area is 121 Å². The van der Waals surface area contributed by atoms with E-state index in [0.29, 0.717) is 17.6 Å². The van der Waals surface area contributed by atoms with E-state index in [4.69, 9.17) is 5.73 Å². The third kappa shape index (κ3) is 3.75. The van der Waals surface area contributed by atoms with Gasteiger partial charge < -0.3 is 11.1 Å². The number of nitrogen functional groups attached to an aromatic ring is 1. The summed E-state index contributed by atoms with van der Waals surface area (Å²) in [5.74, 6) is 0.554. The maximum atomic E-state index is 12.4. The molecule has 3 N–H and O–H groups in total. The van der Waals surface area contributed by atoms with Gasteiger partial charge in [0.2, 0.25) is 5.91 Å². The van der Waals surface area contributed by atoms with E-state index < -0.39 is 0 Å². The molecule has 3 heteroatoms. The van der Waals surface area contributed by atoms with Gasteiger partial charge in [-0.2, -0.15) is 0 Å². The monoisotopic (exact) mass is 274 g/mol. The van der Waals surface area contributed by atoms with Crippen LogP contribution in [0.4, 0.5) is 5.69 Å². The predicted molar refractivity (Wildman–Crippen MR) is 83.4 cm³/mol. The van der Waals surface area contributed by atoms with Gasteiger partial charge in [-0.05, 0) is 43.4 Å². The Bertz CT molecular complexity index is 458. The highest BCUT2D eigenvalue weighted by Crippen LogP contribution is 2.24. The molecule has 3 atom stereocenters. The number of amides is 1. The van der Waals surface area contributed by atoms with Crippen molar-refractivity contribution in [1.29, 1.82) is 0 Å². The van der Waals surface area contributed by atoms with Crippen molar-refractivity contribution < 1.29 is 4.79 Å². The average molecular weight is 274 g/mol. The van der Waals surface area contributed by atoms with Crippen LogP contribution >= 0.6 is 0 Å². The van der Waals surface area contributed by atoms with Gasteiger partial charge in [0.15, 0.2) is 0 Å². The van der Waals surface area contributed by atoms with Gasteiger partial charge in [-0.1, -0.05) is 38.3 Å². The molecule has 110 valence electrons. The van der Waals surface area contributed by atoms with Gasteiger partial charge in [0.1, 0.15) is 0 Å². The lowest BCUT2D eigenvalue weighted by atomic mass is 9.94. The number of rotatable bonds is 3. The third-order valence-corrected chi connectivity index (χ3v) is 4.49. The van der Waals surface area contributed by atoms with Crippen LogP contribution < -0.4 is 11.1 Å². The van der Waals surface area contributed by atoms with Gasteiger partial charge in [-0.25, -0.2) is 0 Å². The van der Waals surface area contributed by atoms with E-state index in [1.54, 1.807) is 0 Å². The van der Waals surface area contributed by atoms with Crippen LogP contribution in [0.25, 0.3) is 0 Å². The number of anilines is 1. The first-order valence-electron chi connectivity index (χ1n) is 7.73. The molecule has 0 aliphatic heterocycles. The van der Waals surface area contributed by atoms with Crippen LogP contribution in [-0.4, -0.2) is 11.9 Å². The van der Waals surface area contributed by atoms with Gasteiger partial charge in [-0.15, -0.1) is 0 Å². The zero-order valence-electron chi connectivity index (χ0n) is 12.6. The van der Waals surface area contributed by atoms with E-state index in [0.717, 1.165) is 12.0 Å². The molecule has 1 aliphatic carbocycles. The van der Waals surface area contributed by atoms with Gasteiger partial charge in [0.05, 0.1) is 5.92 Å². The van der Waals surface area contributed by atoms with Crippen LogP contribution in [-0.2, 0) is 4.79 Å². The van der Waals surface area contributed by atoms with Gasteiger partial charge in [0, 0.05) is 11.7 Å². The Balaban J connectivity index is 2.00. The fourth-order valence-corrected chi connectivity index (χ4v) is 2.99. The van der Waals surface area contributed by atoms with Crippen LogP contribution in [0.5, 0.6) is 0 Å². The van der Waals surface area contributed by atoms with Crippen molar-refractivity contribution in [3.05, 3.63) is 29.8 Å². The molecule has 1 aromatic carbocycles. The zero-order valence-corrected chi connectivity index (χ0v) is 12.6. The standard InChI is InChI=1S/C17H26N2O/c1-12-7-4-3-5-10-16(12)19-17(20)13(2)14-8-6-9-15(18)11-14/h6,8-9,11-13,16H,3-5,7,10,18H2,1-2H3,(H,19,20). The average Bonchev–Trinajstić information content (AvgIpc) is 2.63. The number of hydrogen-bond donors (Lipinski definition) is 2. The minimum absolute atomic E-state index is 0.120. The topological polar surface area (TPSA) is 55.1 Å². The molecule has 20 heavy (non-hydrogen) atoms. The number of nitrogens with one attached hydrogen (secondary N) is 1. The molecule has 2 rings (SSSR count). The molecule has 1 fully saturated rings. The van der Waals surface area contributed by atoms with Crippen molar-refractivity contribution in [3.8, 4) is 0 Å². The zero-order chi connectivity index (χ0) is 14.5. The van der Waals surface area contributed by atoms with Crippen molar-refractivity contribution in [2.45, 2.75) is 57.9 Å². The second-order valence-electron chi connectivity index (χ2n) is 6.12. The van der Waals surface area contributed by atoms with E-state index in [1.165, 1.54) is 25.7 Å². The van der Waals surface area contributed by atoms with Gasteiger partial charge in [-0.3, -0.25) is 4.79 Å². The summed E-state index contributed by atoms with van der Waals surface area (Å²) < 4.78 is 0. The largest absolute Gasteiger partial charge is 0.399 e. The normalized spacial score (nSPS) is 24.7. The molecular formula is C17H26N2O. The maximum absolute atomic E-state index is 12.4. The second-order valence-corrected chi connectivity index (χ2v) is 6.12. The smallest absolute Gasteiger partial charge is 0.227 e. The molecular weight excluding hydrogens is 248 g/mol. The molecule has 0 heterocycles. The number of carbonyl (C=O) groups is 1. The van der Waals surface area contributed by atoms with E-state index in [2.05, 4.69) is 12.2 Å². The van der Waals surface area contributed by atoms with Gasteiger partial charge >= 0.3 is 0 Å². The Morgan fingerprint density at radius 3 is 2.80 bits per heavy atom. The van der Waals surface area contributed by atoms with Crippen LogP contribution in [0.15, 0.2) is 24.3 Å². The molecule has 1 amide bonds. The molecule has 0 saturated heterocycles. The lowest BCUT2D eigenvalue weighted by Crippen LogP contribution is -2.40. The van der Waals surface area contributed by atoms with Crippen molar-refractivity contribution in [1.82, 2.24) is 5.32 Å². The van der Waals surface area contributed by atoms with Crippen LogP contribution in [0.3, 0.4) is 0 Å². The lowest BCUT2D eigenvalue weighted by Gasteiger charge is -2.24. The molecule has 0 aromatic heterocycles. The molecule has 0 spiro atoms. The van der Waals surface area contributed by atoms with Crippen LogP contribution in [0.2, 0.25) is 0 Å². The minimum Gasteiger partial charge on any atom is -0.399 e. The predicted octanol–water partition coefficient (Wildman–Crippen LogP) is 3.46. The maximum Gasteiger partial charge on any atom is 0.227 e. The Hall–Kier alpha value is -1.51. The van der Waals surface area contributed by atoms with Crippen molar-refractivity contribution >= 4 is 11.6 Å². The lowest BCUT2D eigenvalue weighted by molar-refractivity contribution is -0.123. The molecule has 3 unspecified atom stereocenters. The molecule has 0 bridgehead atoms. The summed E-state index contributed by atoms with van der Waals surface area (Å²) in [5.41, 5.74) is 7.49. The van der Waals surface area contributed by atoms with Crippen LogP contribution in [0, 0.1) is 5.92 Å². The highest BCUT2D eigenvalue weighted by molar-refractivity contribution is 5.83. The summed E-state index contributed by atoms with van der Waals surface area (Å²) in [6, 6.07) is 7.94. The first-order valence-corrected chi connectivity index (χ1v) is 7.73. The number of benzene rings is 1. The highest BCUT2D eigenvalue weighted by Gasteiger charge is 2.24. The number of carbonyl (C=O) groups excluding carboxylic acids is 1. The quantitative estimate of drug-likeness (QED) is 0.655. The summed E-state index contributed by atoms with van der Waals surface area (Å²) in [6.07, 6.45) is 6.13. The summed E-state index contributed by atoms with van der Waals surface area (Å²) in [6.45, 7) is 4.20. The summed E-state index contributed by atoms with van der Waals surface area (Å²) in [7, 11) is 0. The first-order chi connectivity index (χ1) is 9.58. The van der Waals surface area contributed by atoms with Crippen LogP contribution in [0.1, 0.15) is 57.4 Å². The van der Waals surface area contributed by atoms with E-state index >= 15 is 0 Å². The summed E-state index contributed by atoms with van der Waals surface area (Å²) in [4.78, 5) is 12.4.